The van der Waals surface area contributed by atoms with Gasteiger partial charge in [-0.2, -0.15) is 24.7 Å². The number of amides is 1. The zero-order chi connectivity index (χ0) is 27.2. The lowest BCUT2D eigenvalue weighted by Gasteiger charge is -2.27. The number of benzene rings is 1. The molecule has 0 saturated heterocycles. The molecule has 8 nitrogen and oxygen atoms in total. The Kier molecular flexibility index (Phi) is 7.11. The minimum absolute atomic E-state index is 0.0681. The highest BCUT2D eigenvalue weighted by atomic mass is 127. The van der Waals surface area contributed by atoms with E-state index in [0.717, 1.165) is 17.0 Å². The van der Waals surface area contributed by atoms with Crippen LogP contribution in [0.25, 0.3) is 22.6 Å². The molecule has 4 aromatic rings. The van der Waals surface area contributed by atoms with E-state index in [9.17, 15) is 9.18 Å². The maximum atomic E-state index is 14.4. The molecule has 0 N–H and O–H groups in total. The van der Waals surface area contributed by atoms with Crippen LogP contribution in [0.3, 0.4) is 0 Å². The van der Waals surface area contributed by atoms with Gasteiger partial charge in [0.2, 0.25) is 5.91 Å². The van der Waals surface area contributed by atoms with E-state index in [4.69, 9.17) is 19.8 Å². The first-order valence-electron chi connectivity index (χ1n) is 12.5. The first kappa shape index (κ1) is 26.8. The molecular formula is C27H30FIN6O2Si-. The number of anilines is 1. The van der Waals surface area contributed by atoms with Gasteiger partial charge >= 0.3 is 0 Å². The van der Waals surface area contributed by atoms with Crippen molar-refractivity contribution in [2.45, 2.75) is 51.5 Å². The van der Waals surface area contributed by atoms with E-state index in [2.05, 4.69) is 47.2 Å². The molecule has 0 bridgehead atoms. The van der Waals surface area contributed by atoms with Crippen LogP contribution in [0.5, 0.6) is 0 Å². The molecule has 0 fully saturated rings. The van der Waals surface area contributed by atoms with Crippen molar-refractivity contribution in [3.05, 3.63) is 63.2 Å². The number of nitrogens with zero attached hydrogens (tertiary/aromatic N) is 6. The normalized spacial score (nSPS) is 14.9. The zero-order valence-corrected chi connectivity index (χ0v) is 25.3. The Morgan fingerprint density at radius 2 is 1.87 bits per heavy atom. The van der Waals surface area contributed by atoms with E-state index in [1.807, 2.05) is 26.0 Å². The second-order valence-corrected chi connectivity index (χ2v) is 17.9. The Hall–Kier alpha value is -2.77. The van der Waals surface area contributed by atoms with Crippen molar-refractivity contribution in [3.8, 4) is 11.5 Å². The number of fused-ring (bicyclic) bond motifs is 2. The Labute approximate surface area is 235 Å². The Morgan fingerprint density at radius 3 is 2.61 bits per heavy atom. The van der Waals surface area contributed by atoms with Gasteiger partial charge in [0, 0.05) is 23.9 Å². The summed E-state index contributed by atoms with van der Waals surface area (Å²) in [5, 5.41) is 5.53. The quantitative estimate of drug-likeness (QED) is 0.107. The van der Waals surface area contributed by atoms with Gasteiger partial charge in [-0.15, -0.1) is 14.1 Å². The van der Waals surface area contributed by atoms with Gasteiger partial charge in [0.15, 0.2) is 11.5 Å². The third-order valence-electron chi connectivity index (χ3n) is 6.72. The lowest BCUT2D eigenvalue weighted by atomic mass is 9.88. The minimum Gasteiger partial charge on any atom is -0.364 e. The maximum Gasteiger partial charge on any atom is 0.240 e. The van der Waals surface area contributed by atoms with Gasteiger partial charge in [-0.25, -0.2) is 24.0 Å². The van der Waals surface area contributed by atoms with Crippen LogP contribution in [-0.2, 0) is 21.5 Å². The van der Waals surface area contributed by atoms with E-state index in [1.165, 1.54) is 6.07 Å². The number of pyridine rings is 1. The monoisotopic (exact) mass is 644 g/mol. The average molecular weight is 645 g/mol. The first-order chi connectivity index (χ1) is 18.0. The van der Waals surface area contributed by atoms with Crippen LogP contribution in [0.15, 0.2) is 42.6 Å². The SMILES string of the molecule is CC1(C)C(=O)N(COCC[Si-](C)(C)C)c2nc(-c3nn(Cc4ccccc4F)c4ncccc34)nc(I)c21. The van der Waals surface area contributed by atoms with Crippen LogP contribution < -0.4 is 4.90 Å². The summed E-state index contributed by atoms with van der Waals surface area (Å²) in [5.41, 5.74) is 1.65. The summed E-state index contributed by atoms with van der Waals surface area (Å²) in [5.74, 6) is 0.558. The summed E-state index contributed by atoms with van der Waals surface area (Å²) in [6.45, 7) is 11.6. The summed E-state index contributed by atoms with van der Waals surface area (Å²) in [6.07, 6.45) is 1.68. The zero-order valence-electron chi connectivity index (χ0n) is 22.1. The molecule has 0 unspecified atom stereocenters. The molecule has 1 aliphatic heterocycles. The molecule has 1 aliphatic rings. The number of carbonyl (C=O) groups is 1. The number of carbonyl (C=O) groups excluding carboxylic acids is 1. The highest BCUT2D eigenvalue weighted by Crippen LogP contribution is 2.43. The van der Waals surface area contributed by atoms with E-state index in [1.54, 1.807) is 34.0 Å². The lowest BCUT2D eigenvalue weighted by Crippen LogP contribution is -2.38. The first-order valence-corrected chi connectivity index (χ1v) is 17.3. The smallest absolute Gasteiger partial charge is 0.240 e. The molecule has 38 heavy (non-hydrogen) atoms. The largest absolute Gasteiger partial charge is 0.364 e. The molecule has 3 aromatic heterocycles. The highest BCUT2D eigenvalue weighted by Gasteiger charge is 2.47. The van der Waals surface area contributed by atoms with Gasteiger partial charge < -0.3 is 4.74 Å². The van der Waals surface area contributed by atoms with Gasteiger partial charge in [-0.3, -0.25) is 9.69 Å². The predicted octanol–water partition coefficient (Wildman–Crippen LogP) is 5.62. The minimum atomic E-state index is -1.26. The predicted molar refractivity (Wildman–Crippen MR) is 156 cm³/mol. The van der Waals surface area contributed by atoms with Crippen LogP contribution in [0.1, 0.15) is 25.0 Å². The highest BCUT2D eigenvalue weighted by molar-refractivity contribution is 14.1. The van der Waals surface area contributed by atoms with Crippen LogP contribution in [-0.4, -0.2) is 52.1 Å². The van der Waals surface area contributed by atoms with Gasteiger partial charge in [0.05, 0.1) is 17.3 Å². The second kappa shape index (κ2) is 10.1. The Bertz CT molecular complexity index is 1530. The van der Waals surface area contributed by atoms with Crippen LogP contribution in [0, 0.1) is 9.52 Å². The number of halogens is 2. The summed E-state index contributed by atoms with van der Waals surface area (Å²) >= 11 is 2.17. The third kappa shape index (κ3) is 4.98. The Morgan fingerprint density at radius 1 is 1.11 bits per heavy atom. The number of hydrogen-bond donors (Lipinski definition) is 0. The molecule has 199 valence electrons. The third-order valence-corrected chi connectivity index (χ3v) is 9.20. The van der Waals surface area contributed by atoms with Crippen LogP contribution >= 0.6 is 22.6 Å². The molecule has 11 heteroatoms. The molecule has 1 aromatic carbocycles. The molecule has 0 saturated carbocycles. The molecule has 4 heterocycles. The fraction of sp³-hybridized carbons (Fsp3) is 0.370. The summed E-state index contributed by atoms with van der Waals surface area (Å²) in [7, 11) is -1.26. The van der Waals surface area contributed by atoms with Crippen molar-refractivity contribution in [2.75, 3.05) is 18.2 Å². The fourth-order valence-electron chi connectivity index (χ4n) is 4.53. The fourth-order valence-corrected chi connectivity index (χ4v) is 6.43. The maximum absolute atomic E-state index is 14.4. The van der Waals surface area contributed by atoms with E-state index >= 15 is 0 Å². The van der Waals surface area contributed by atoms with Gasteiger partial charge in [-0.05, 0) is 54.6 Å². The van der Waals surface area contributed by atoms with Crippen molar-refractivity contribution >= 4 is 53.4 Å². The summed E-state index contributed by atoms with van der Waals surface area (Å²) in [6, 6.07) is 11.4. The van der Waals surface area contributed by atoms with Crippen LogP contribution in [0.2, 0.25) is 25.7 Å². The number of aromatic nitrogens is 5. The topological polar surface area (TPSA) is 86.0 Å². The molecule has 0 radical (unpaired) electrons. The molecule has 0 atom stereocenters. The van der Waals surface area contributed by atoms with Crippen molar-refractivity contribution in [1.82, 2.24) is 24.7 Å². The lowest BCUT2D eigenvalue weighted by molar-refractivity contribution is -0.123. The van der Waals surface area contributed by atoms with Crippen molar-refractivity contribution < 1.29 is 13.9 Å². The summed E-state index contributed by atoms with van der Waals surface area (Å²) < 4.78 is 22.7. The van der Waals surface area contributed by atoms with Crippen molar-refractivity contribution in [2.24, 2.45) is 0 Å². The molecular weight excluding hydrogens is 614 g/mol. The molecule has 5 rings (SSSR count). The number of rotatable bonds is 8. The number of ether oxygens (including phenoxy) is 1. The average Bonchev–Trinajstić information content (AvgIpc) is 3.31. The van der Waals surface area contributed by atoms with E-state index in [0.29, 0.717) is 38.9 Å². The Balaban J connectivity index is 1.55. The van der Waals surface area contributed by atoms with Gasteiger partial charge in [-0.1, -0.05) is 18.2 Å². The van der Waals surface area contributed by atoms with Crippen LogP contribution in [0.4, 0.5) is 10.2 Å². The van der Waals surface area contributed by atoms with Crippen molar-refractivity contribution in [3.63, 3.8) is 0 Å². The van der Waals surface area contributed by atoms with E-state index < -0.39 is 13.5 Å². The van der Waals surface area contributed by atoms with Crippen molar-refractivity contribution in [1.29, 1.82) is 0 Å². The second-order valence-electron chi connectivity index (χ2n) is 11.2. The number of hydrogen-bond acceptors (Lipinski definition) is 6. The molecule has 0 aliphatic carbocycles. The molecule has 1 amide bonds. The molecule has 0 spiro atoms. The van der Waals surface area contributed by atoms with Gasteiger partial charge in [0.25, 0.3) is 0 Å². The van der Waals surface area contributed by atoms with Gasteiger partial charge in [0.1, 0.15) is 27.8 Å². The standard InChI is InChI=1S/C27H30FIN6O2Si/c1-27(2)20-22(29)31-23(32-25(20)34(26(27)36)16-37-13-14-38(3,4)5)21-18-10-8-12-30-24(18)35(33-21)15-17-9-6-7-11-19(17)28/h6-12H,13-16H2,1-5H3/q-1. The summed E-state index contributed by atoms with van der Waals surface area (Å²) in [4.78, 5) is 29.2. The van der Waals surface area contributed by atoms with E-state index in [-0.39, 0.29) is 25.0 Å².